The van der Waals surface area contributed by atoms with Crippen molar-refractivity contribution in [3.8, 4) is 0 Å². The van der Waals surface area contributed by atoms with Gasteiger partial charge in [0, 0.05) is 16.3 Å². The zero-order valence-corrected chi connectivity index (χ0v) is 13.1. The predicted molar refractivity (Wildman–Crippen MR) is 88.5 cm³/mol. The molecule has 0 bridgehead atoms. The number of anilines is 1. The molecule has 0 aliphatic rings. The largest absolute Gasteiger partial charge is 0.331 e. The molecule has 0 aliphatic heterocycles. The van der Waals surface area contributed by atoms with Gasteiger partial charge in [-0.15, -0.1) is 0 Å². The van der Waals surface area contributed by atoms with E-state index in [1.54, 1.807) is 36.4 Å². The molecule has 0 radical (unpaired) electrons. The number of Topliss-reactive ketones (excluding diaryl/α,β-unsaturated/α-hetero) is 1. The number of benzene rings is 2. The normalized spacial score (nSPS) is 11.6. The molecule has 0 heterocycles. The van der Waals surface area contributed by atoms with Gasteiger partial charge in [-0.25, -0.2) is 4.79 Å². The van der Waals surface area contributed by atoms with Crippen LogP contribution in [0.5, 0.6) is 0 Å². The van der Waals surface area contributed by atoms with Gasteiger partial charge in [0.2, 0.25) is 0 Å². The molecule has 2 aromatic rings. The Morgan fingerprint density at radius 3 is 2.14 bits per heavy atom. The van der Waals surface area contributed by atoms with Crippen molar-refractivity contribution in [2.75, 3.05) is 5.32 Å². The Labute approximate surface area is 134 Å². The van der Waals surface area contributed by atoms with Gasteiger partial charge < -0.3 is 10.6 Å². The minimum absolute atomic E-state index is 0.00707. The van der Waals surface area contributed by atoms with Crippen LogP contribution in [-0.2, 0) is 0 Å². The summed E-state index contributed by atoms with van der Waals surface area (Å²) in [6, 6.07) is 13.6. The smallest absolute Gasteiger partial charge is 0.319 e. The summed E-state index contributed by atoms with van der Waals surface area (Å²) in [6.07, 6.45) is 0. The first-order valence-corrected chi connectivity index (χ1v) is 7.27. The van der Waals surface area contributed by atoms with E-state index in [2.05, 4.69) is 10.6 Å². The molecule has 114 valence electrons. The average molecular weight is 317 g/mol. The number of rotatable bonds is 4. The van der Waals surface area contributed by atoms with Crippen LogP contribution in [0.2, 0.25) is 5.02 Å². The highest BCUT2D eigenvalue weighted by Gasteiger charge is 2.09. The molecule has 4 nitrogen and oxygen atoms in total. The van der Waals surface area contributed by atoms with E-state index in [9.17, 15) is 9.59 Å². The number of carbonyl (C=O) groups excluding carboxylic acids is 2. The molecule has 0 spiro atoms. The molecule has 0 fully saturated rings. The van der Waals surface area contributed by atoms with E-state index < -0.39 is 0 Å². The van der Waals surface area contributed by atoms with Gasteiger partial charge in [-0.1, -0.05) is 23.7 Å². The molecule has 1 unspecified atom stereocenters. The van der Waals surface area contributed by atoms with E-state index in [-0.39, 0.29) is 17.9 Å². The molecule has 2 N–H and O–H groups in total. The maximum Gasteiger partial charge on any atom is 0.319 e. The summed E-state index contributed by atoms with van der Waals surface area (Å²) in [7, 11) is 0. The predicted octanol–water partition coefficient (Wildman–Crippen LogP) is 4.43. The lowest BCUT2D eigenvalue weighted by molar-refractivity contribution is 0.101. The Bertz CT molecular complexity index is 666. The Kier molecular flexibility index (Phi) is 5.17. The summed E-state index contributed by atoms with van der Waals surface area (Å²) in [5.41, 5.74) is 2.21. The van der Waals surface area contributed by atoms with E-state index in [1.165, 1.54) is 6.92 Å². The second kappa shape index (κ2) is 7.09. The standard InChI is InChI=1S/C17H17ClN2O2/c1-11(13-3-7-15(18)8-4-13)19-17(22)20-16-9-5-14(6-10-16)12(2)21/h3-11H,1-2H3,(H2,19,20,22). The van der Waals surface area contributed by atoms with Gasteiger partial charge >= 0.3 is 6.03 Å². The number of hydrogen-bond donors (Lipinski definition) is 2. The summed E-state index contributed by atoms with van der Waals surface area (Å²) in [4.78, 5) is 23.2. The Balaban J connectivity index is 1.94. The quantitative estimate of drug-likeness (QED) is 0.820. The van der Waals surface area contributed by atoms with Crippen molar-refractivity contribution in [2.45, 2.75) is 19.9 Å². The molecule has 0 aliphatic carbocycles. The molecule has 0 saturated heterocycles. The highest BCUT2D eigenvalue weighted by atomic mass is 35.5. The van der Waals surface area contributed by atoms with E-state index in [4.69, 9.17) is 11.6 Å². The first-order valence-electron chi connectivity index (χ1n) is 6.89. The lowest BCUT2D eigenvalue weighted by atomic mass is 10.1. The molecule has 2 aromatic carbocycles. The highest BCUT2D eigenvalue weighted by Crippen LogP contribution is 2.16. The van der Waals surface area contributed by atoms with E-state index >= 15 is 0 Å². The molecule has 0 aromatic heterocycles. The molecule has 2 amide bonds. The topological polar surface area (TPSA) is 58.2 Å². The van der Waals surface area contributed by atoms with Gasteiger partial charge in [-0.05, 0) is 55.8 Å². The van der Waals surface area contributed by atoms with Crippen LogP contribution in [0.1, 0.15) is 35.8 Å². The monoisotopic (exact) mass is 316 g/mol. The maximum atomic E-state index is 12.0. The fourth-order valence-electron chi connectivity index (χ4n) is 1.99. The van der Waals surface area contributed by atoms with Crippen LogP contribution in [0.25, 0.3) is 0 Å². The van der Waals surface area contributed by atoms with Crippen LogP contribution >= 0.6 is 11.6 Å². The van der Waals surface area contributed by atoms with Crippen molar-refractivity contribution >= 4 is 29.1 Å². The number of halogens is 1. The van der Waals surface area contributed by atoms with Crippen molar-refractivity contribution in [3.63, 3.8) is 0 Å². The minimum atomic E-state index is -0.307. The lowest BCUT2D eigenvalue weighted by Crippen LogP contribution is -2.31. The molecule has 2 rings (SSSR count). The lowest BCUT2D eigenvalue weighted by Gasteiger charge is -2.15. The Morgan fingerprint density at radius 2 is 1.59 bits per heavy atom. The first-order chi connectivity index (χ1) is 10.5. The fraction of sp³-hybridized carbons (Fsp3) is 0.176. The minimum Gasteiger partial charge on any atom is -0.331 e. The third-order valence-corrected chi connectivity index (χ3v) is 3.52. The number of urea groups is 1. The van der Waals surface area contributed by atoms with Crippen LogP contribution in [0.15, 0.2) is 48.5 Å². The van der Waals surface area contributed by atoms with Crippen LogP contribution in [0, 0.1) is 0 Å². The van der Waals surface area contributed by atoms with Crippen molar-refractivity contribution in [3.05, 3.63) is 64.7 Å². The van der Waals surface area contributed by atoms with Crippen molar-refractivity contribution in [2.24, 2.45) is 0 Å². The van der Waals surface area contributed by atoms with Gasteiger partial charge in [-0.3, -0.25) is 4.79 Å². The second-order valence-electron chi connectivity index (χ2n) is 5.01. The summed E-state index contributed by atoms with van der Waals surface area (Å²) in [6.45, 7) is 3.39. The van der Waals surface area contributed by atoms with Crippen LogP contribution in [0.3, 0.4) is 0 Å². The van der Waals surface area contributed by atoms with Gasteiger partial charge in [-0.2, -0.15) is 0 Å². The molecule has 22 heavy (non-hydrogen) atoms. The van der Waals surface area contributed by atoms with Crippen LogP contribution in [-0.4, -0.2) is 11.8 Å². The number of nitrogens with one attached hydrogen (secondary N) is 2. The Hall–Kier alpha value is -2.33. The summed E-state index contributed by atoms with van der Waals surface area (Å²) in [5.74, 6) is -0.00707. The fourth-order valence-corrected chi connectivity index (χ4v) is 2.11. The summed E-state index contributed by atoms with van der Waals surface area (Å²) in [5, 5.41) is 6.23. The maximum absolute atomic E-state index is 12.0. The molecule has 0 saturated carbocycles. The molecule has 1 atom stereocenters. The van der Waals surface area contributed by atoms with Crippen molar-refractivity contribution < 1.29 is 9.59 Å². The zero-order valence-electron chi connectivity index (χ0n) is 12.4. The van der Waals surface area contributed by atoms with Crippen molar-refractivity contribution in [1.29, 1.82) is 0 Å². The molecular weight excluding hydrogens is 300 g/mol. The third kappa shape index (κ3) is 4.33. The van der Waals surface area contributed by atoms with Crippen LogP contribution in [0.4, 0.5) is 10.5 Å². The van der Waals surface area contributed by atoms with Gasteiger partial charge in [0.05, 0.1) is 6.04 Å². The number of carbonyl (C=O) groups is 2. The average Bonchev–Trinajstić information content (AvgIpc) is 2.48. The highest BCUT2D eigenvalue weighted by molar-refractivity contribution is 6.30. The van der Waals surface area contributed by atoms with Gasteiger partial charge in [0.1, 0.15) is 0 Å². The molecular formula is C17H17ClN2O2. The zero-order chi connectivity index (χ0) is 16.1. The first kappa shape index (κ1) is 16.0. The molecule has 5 heteroatoms. The Morgan fingerprint density at radius 1 is 1.00 bits per heavy atom. The number of hydrogen-bond acceptors (Lipinski definition) is 2. The van der Waals surface area contributed by atoms with Crippen LogP contribution < -0.4 is 10.6 Å². The van der Waals surface area contributed by atoms with E-state index in [1.807, 2.05) is 19.1 Å². The summed E-state index contributed by atoms with van der Waals surface area (Å²) >= 11 is 5.84. The number of ketones is 1. The third-order valence-electron chi connectivity index (χ3n) is 3.27. The summed E-state index contributed by atoms with van der Waals surface area (Å²) < 4.78 is 0. The SMILES string of the molecule is CC(=O)c1ccc(NC(=O)NC(C)c2ccc(Cl)cc2)cc1. The van der Waals surface area contributed by atoms with Crippen molar-refractivity contribution in [1.82, 2.24) is 5.32 Å². The number of amides is 2. The van der Waals surface area contributed by atoms with Gasteiger partial charge in [0.25, 0.3) is 0 Å². The van der Waals surface area contributed by atoms with E-state index in [0.29, 0.717) is 16.3 Å². The van der Waals surface area contributed by atoms with E-state index in [0.717, 1.165) is 5.56 Å². The van der Waals surface area contributed by atoms with Gasteiger partial charge in [0.15, 0.2) is 5.78 Å². The second-order valence-corrected chi connectivity index (χ2v) is 5.44.